The third kappa shape index (κ3) is 4.88. The third-order valence-electron chi connectivity index (χ3n) is 10.5. The van der Waals surface area contributed by atoms with Crippen molar-refractivity contribution in [3.8, 4) is 17.1 Å². The molecule has 6 nitrogen and oxygen atoms in total. The first-order valence-corrected chi connectivity index (χ1v) is 17.2. The maximum atomic E-state index is 16.1. The largest absolute Gasteiger partial charge is 0.496 e. The van der Waals surface area contributed by atoms with Gasteiger partial charge in [-0.2, -0.15) is 0 Å². The van der Waals surface area contributed by atoms with Gasteiger partial charge in [-0.1, -0.05) is 66.8 Å². The first kappa shape index (κ1) is 31.0. The van der Waals surface area contributed by atoms with E-state index in [1.54, 1.807) is 12.1 Å². The zero-order chi connectivity index (χ0) is 34.8. The Bertz CT molecular complexity index is 2460. The summed E-state index contributed by atoms with van der Waals surface area (Å²) in [5.74, 6) is -1.45. The molecule has 3 aliphatic rings. The third-order valence-corrected chi connectivity index (χ3v) is 10.5. The van der Waals surface area contributed by atoms with E-state index in [9.17, 15) is 10.1 Å². The molecule has 6 aromatic rings. The van der Waals surface area contributed by atoms with Crippen LogP contribution in [0.1, 0.15) is 52.4 Å². The van der Waals surface area contributed by atoms with Gasteiger partial charge in [0, 0.05) is 73.3 Å². The Morgan fingerprint density at radius 2 is 1.39 bits per heavy atom. The van der Waals surface area contributed by atoms with Crippen LogP contribution in [0.4, 0.5) is 14.5 Å². The van der Waals surface area contributed by atoms with E-state index in [0.717, 1.165) is 59.3 Å². The molecule has 0 saturated heterocycles. The highest BCUT2D eigenvalue weighted by atomic mass is 19.1. The summed E-state index contributed by atoms with van der Waals surface area (Å²) in [7, 11) is 1.52. The summed E-state index contributed by atoms with van der Waals surface area (Å²) in [6.07, 6.45) is 13.0. The summed E-state index contributed by atoms with van der Waals surface area (Å²) in [6, 6.07) is 26.4. The van der Waals surface area contributed by atoms with Gasteiger partial charge in [0.15, 0.2) is 0 Å². The molecule has 0 radical (unpaired) electrons. The first-order chi connectivity index (χ1) is 24.9. The van der Waals surface area contributed by atoms with Crippen molar-refractivity contribution in [2.75, 3.05) is 7.11 Å². The zero-order valence-electron chi connectivity index (χ0n) is 27.9. The maximum Gasteiger partial charge on any atom is 0.273 e. The highest BCUT2D eigenvalue weighted by Crippen LogP contribution is 2.45. The molecule has 0 bridgehead atoms. The van der Waals surface area contributed by atoms with Crippen LogP contribution in [0, 0.1) is 10.1 Å². The number of allylic oxidation sites excluding steroid dienone is 6. The van der Waals surface area contributed by atoms with Crippen molar-refractivity contribution in [2.24, 2.45) is 0 Å². The summed E-state index contributed by atoms with van der Waals surface area (Å²) in [4.78, 5) is 12.0. The fourth-order valence-corrected chi connectivity index (χ4v) is 8.26. The van der Waals surface area contributed by atoms with Crippen LogP contribution in [0.2, 0.25) is 0 Å². The molecule has 0 aliphatic heterocycles. The number of methoxy groups -OCH3 is 1. The van der Waals surface area contributed by atoms with Gasteiger partial charge in [-0.15, -0.1) is 0 Å². The molecule has 2 atom stereocenters. The molecule has 2 heterocycles. The number of nitrogens with zero attached hydrogens (tertiary/aromatic N) is 3. The molecule has 4 aromatic carbocycles. The molecule has 2 aromatic heterocycles. The van der Waals surface area contributed by atoms with Crippen molar-refractivity contribution < 1.29 is 18.4 Å². The molecule has 2 unspecified atom stereocenters. The summed E-state index contributed by atoms with van der Waals surface area (Å²) >= 11 is 0. The zero-order valence-corrected chi connectivity index (χ0v) is 27.9. The quantitative estimate of drug-likeness (QED) is 0.130. The van der Waals surface area contributed by atoms with Crippen LogP contribution in [0.15, 0.2) is 115 Å². The lowest BCUT2D eigenvalue weighted by molar-refractivity contribution is -0.385. The van der Waals surface area contributed by atoms with Crippen molar-refractivity contribution in [2.45, 2.75) is 37.8 Å². The van der Waals surface area contributed by atoms with Gasteiger partial charge in [0.2, 0.25) is 0 Å². The first-order valence-electron chi connectivity index (χ1n) is 17.2. The molecule has 0 fully saturated rings. The summed E-state index contributed by atoms with van der Waals surface area (Å²) in [6.45, 7) is 0. The molecule has 9 rings (SSSR count). The number of halogens is 2. The number of hydrogen-bond acceptors (Lipinski definition) is 3. The minimum absolute atomic E-state index is 0.138. The Balaban J connectivity index is 1.21. The minimum atomic E-state index is -1.84. The van der Waals surface area contributed by atoms with Gasteiger partial charge in [-0.3, -0.25) is 10.1 Å². The number of aromatic nitrogens is 2. The van der Waals surface area contributed by atoms with E-state index in [4.69, 9.17) is 4.74 Å². The van der Waals surface area contributed by atoms with E-state index in [2.05, 4.69) is 28.9 Å². The van der Waals surface area contributed by atoms with Crippen molar-refractivity contribution in [3.05, 3.63) is 159 Å². The van der Waals surface area contributed by atoms with Crippen LogP contribution in [0.3, 0.4) is 0 Å². The van der Waals surface area contributed by atoms with Gasteiger partial charge in [-0.05, 0) is 74.2 Å². The molecule has 0 saturated carbocycles. The van der Waals surface area contributed by atoms with Gasteiger partial charge < -0.3 is 13.9 Å². The standard InChI is InChI=1S/C43H33F2N3O3/c1-51-43-21-19-27(47-40-16-8-4-12-30(40)31-13-5-9-17-41(31)47)23-35(43)33-24-32(36(44)25-37(33)45)34-22-26(18-20-42(34)48(49)50)46-38-14-6-2-10-28(38)29-11-3-7-15-39(29)46/h2-7,10-15,18-25,32,36H,8-9,16-17H2,1H3. The number of nitro groups is 1. The molecular weight excluding hydrogens is 644 g/mol. The van der Waals surface area contributed by atoms with E-state index >= 15 is 8.78 Å². The minimum Gasteiger partial charge on any atom is -0.496 e. The molecule has 252 valence electrons. The number of nitro benzene ring substituents is 1. The SMILES string of the molecule is COc1ccc(-n2c3c(c4c2CCC=C4)C=CCC3)cc1C1=CC(c2cc(-n3c4ccccc4c4ccccc43)ccc2[N+](=O)[O-])C(F)C=C1F. The summed E-state index contributed by atoms with van der Waals surface area (Å²) in [5.41, 5.74) is 8.71. The monoisotopic (exact) mass is 677 g/mol. The van der Waals surface area contributed by atoms with Crippen molar-refractivity contribution in [3.63, 3.8) is 0 Å². The molecule has 51 heavy (non-hydrogen) atoms. The van der Waals surface area contributed by atoms with Crippen molar-refractivity contribution in [1.29, 1.82) is 0 Å². The maximum absolute atomic E-state index is 16.1. The second-order valence-electron chi connectivity index (χ2n) is 13.3. The van der Waals surface area contributed by atoms with Gasteiger partial charge in [0.1, 0.15) is 17.7 Å². The van der Waals surface area contributed by atoms with E-state index in [1.807, 2.05) is 71.3 Å². The number of hydrogen-bond donors (Lipinski definition) is 0. The predicted octanol–water partition coefficient (Wildman–Crippen LogP) is 10.8. The topological polar surface area (TPSA) is 62.2 Å². The van der Waals surface area contributed by atoms with E-state index in [-0.39, 0.29) is 16.8 Å². The summed E-state index contributed by atoms with van der Waals surface area (Å²) in [5, 5.41) is 14.5. The number of benzene rings is 4. The van der Waals surface area contributed by atoms with Gasteiger partial charge in [0.05, 0.1) is 23.1 Å². The molecule has 0 N–H and O–H groups in total. The average Bonchev–Trinajstić information content (AvgIpc) is 3.68. The molecule has 0 amide bonds. The highest BCUT2D eigenvalue weighted by molar-refractivity contribution is 6.09. The van der Waals surface area contributed by atoms with Gasteiger partial charge in [-0.25, -0.2) is 8.78 Å². The fourth-order valence-electron chi connectivity index (χ4n) is 8.26. The van der Waals surface area contributed by atoms with Crippen LogP contribution in [-0.2, 0) is 12.8 Å². The Morgan fingerprint density at radius 3 is 2.02 bits per heavy atom. The predicted molar refractivity (Wildman–Crippen MR) is 199 cm³/mol. The number of fused-ring (bicyclic) bond motifs is 6. The van der Waals surface area contributed by atoms with Crippen molar-refractivity contribution in [1.82, 2.24) is 9.13 Å². The molecule has 0 spiro atoms. The van der Waals surface area contributed by atoms with Crippen LogP contribution in [0.25, 0.3) is 50.9 Å². The Morgan fingerprint density at radius 1 is 0.784 bits per heavy atom. The number of para-hydroxylation sites is 2. The van der Waals surface area contributed by atoms with E-state index < -0.39 is 22.8 Å². The number of alkyl halides is 1. The Hall–Kier alpha value is -6.02. The number of ether oxygens (including phenoxy) is 1. The Labute approximate surface area is 293 Å². The van der Waals surface area contributed by atoms with Crippen LogP contribution < -0.4 is 4.74 Å². The van der Waals surface area contributed by atoms with Crippen LogP contribution in [-0.4, -0.2) is 27.3 Å². The summed E-state index contributed by atoms with van der Waals surface area (Å²) < 4.78 is 42.2. The Kier molecular flexibility index (Phi) is 7.35. The smallest absolute Gasteiger partial charge is 0.273 e. The average molecular weight is 678 g/mol. The van der Waals surface area contributed by atoms with E-state index in [1.165, 1.54) is 41.8 Å². The normalized spacial score (nSPS) is 18.0. The second kappa shape index (κ2) is 12.1. The number of rotatable bonds is 6. The molecule has 8 heteroatoms. The lowest BCUT2D eigenvalue weighted by Crippen LogP contribution is -2.17. The fraction of sp³-hybridized carbons (Fsp3) is 0.163. The van der Waals surface area contributed by atoms with Gasteiger partial charge >= 0.3 is 0 Å². The van der Waals surface area contributed by atoms with E-state index in [0.29, 0.717) is 17.0 Å². The van der Waals surface area contributed by atoms with Gasteiger partial charge in [0.25, 0.3) is 5.69 Å². The molecule has 3 aliphatic carbocycles. The lowest BCUT2D eigenvalue weighted by Gasteiger charge is -2.24. The lowest BCUT2D eigenvalue weighted by atomic mass is 9.84. The highest BCUT2D eigenvalue weighted by Gasteiger charge is 2.34. The van der Waals surface area contributed by atoms with Crippen LogP contribution >= 0.6 is 0 Å². The second-order valence-corrected chi connectivity index (χ2v) is 13.3. The van der Waals surface area contributed by atoms with Crippen LogP contribution in [0.5, 0.6) is 5.75 Å². The van der Waals surface area contributed by atoms with Crippen molar-refractivity contribution >= 4 is 45.2 Å². The molecular formula is C43H33F2N3O3.